The number of hydrogen-bond donors (Lipinski definition) is 4. The van der Waals surface area contributed by atoms with E-state index in [9.17, 15) is 15.3 Å². The van der Waals surface area contributed by atoms with Crippen molar-refractivity contribution in [3.8, 4) is 0 Å². The number of aliphatic hydroxyl groups excluding tert-OH is 4. The van der Waals surface area contributed by atoms with Crippen LogP contribution in [0.25, 0.3) is 0 Å². The molecule has 5 nitrogen and oxygen atoms in total. The van der Waals surface area contributed by atoms with Crippen LogP contribution in [0, 0.1) is 0 Å². The van der Waals surface area contributed by atoms with E-state index in [1.807, 2.05) is 0 Å². The van der Waals surface area contributed by atoms with Crippen LogP contribution in [0.15, 0.2) is 0 Å². The van der Waals surface area contributed by atoms with Crippen LogP contribution < -0.4 is 0 Å². The molecule has 5 atom stereocenters. The van der Waals surface area contributed by atoms with E-state index in [1.54, 1.807) is 6.92 Å². The Morgan fingerprint density at radius 2 is 1.67 bits per heavy atom. The second-order valence-corrected chi connectivity index (χ2v) is 3.03. The van der Waals surface area contributed by atoms with Crippen LogP contribution in [0.2, 0.25) is 0 Å². The summed E-state index contributed by atoms with van der Waals surface area (Å²) in [4.78, 5) is 0. The molecule has 0 radical (unpaired) electrons. The SMILES string of the molecule is CC1O[C@H](CO)C(O)C(O)C1O. The summed E-state index contributed by atoms with van der Waals surface area (Å²) in [6.45, 7) is 1.21. The highest BCUT2D eigenvalue weighted by Crippen LogP contribution is 2.20. The maximum absolute atomic E-state index is 9.23. The van der Waals surface area contributed by atoms with Crippen molar-refractivity contribution >= 4 is 0 Å². The highest BCUT2D eigenvalue weighted by atomic mass is 16.5. The van der Waals surface area contributed by atoms with Crippen molar-refractivity contribution in [1.82, 2.24) is 0 Å². The first-order valence-corrected chi connectivity index (χ1v) is 3.88. The zero-order valence-corrected chi connectivity index (χ0v) is 6.79. The van der Waals surface area contributed by atoms with Gasteiger partial charge >= 0.3 is 0 Å². The van der Waals surface area contributed by atoms with Crippen molar-refractivity contribution in [2.45, 2.75) is 37.4 Å². The molecular formula is C7H14O5. The van der Waals surface area contributed by atoms with E-state index in [4.69, 9.17) is 9.84 Å². The molecule has 12 heavy (non-hydrogen) atoms. The minimum Gasteiger partial charge on any atom is -0.394 e. The Hall–Kier alpha value is -0.200. The van der Waals surface area contributed by atoms with E-state index < -0.39 is 30.5 Å². The molecule has 0 bridgehead atoms. The molecule has 1 saturated heterocycles. The topological polar surface area (TPSA) is 90.2 Å². The second kappa shape index (κ2) is 3.68. The monoisotopic (exact) mass is 178 g/mol. The van der Waals surface area contributed by atoms with Gasteiger partial charge in [0.25, 0.3) is 0 Å². The number of rotatable bonds is 1. The normalized spacial score (nSPS) is 49.2. The first-order valence-electron chi connectivity index (χ1n) is 3.88. The molecule has 0 saturated carbocycles. The average molecular weight is 178 g/mol. The third-order valence-electron chi connectivity index (χ3n) is 2.13. The lowest BCUT2D eigenvalue weighted by atomic mass is 9.96. The average Bonchev–Trinajstić information content (AvgIpc) is 2.08. The van der Waals surface area contributed by atoms with Gasteiger partial charge in [0.15, 0.2) is 0 Å². The third-order valence-corrected chi connectivity index (χ3v) is 2.13. The lowest BCUT2D eigenvalue weighted by Gasteiger charge is -2.38. The molecule has 1 heterocycles. The van der Waals surface area contributed by atoms with Crippen molar-refractivity contribution in [2.24, 2.45) is 0 Å². The van der Waals surface area contributed by atoms with Gasteiger partial charge in [-0.3, -0.25) is 0 Å². The van der Waals surface area contributed by atoms with Crippen molar-refractivity contribution in [1.29, 1.82) is 0 Å². The molecule has 1 aliphatic rings. The Bertz CT molecular complexity index is 146. The highest BCUT2D eigenvalue weighted by Gasteiger charge is 2.41. The van der Waals surface area contributed by atoms with Crippen LogP contribution in [0.1, 0.15) is 6.92 Å². The summed E-state index contributed by atoms with van der Waals surface area (Å²) in [5.74, 6) is 0. The molecule has 0 spiro atoms. The first kappa shape index (κ1) is 9.88. The molecular weight excluding hydrogens is 164 g/mol. The summed E-state index contributed by atoms with van der Waals surface area (Å²) in [6.07, 6.45) is -4.94. The standard InChI is InChI=1S/C7H14O5/c1-3-5(9)7(11)6(10)4(2-8)12-3/h3-11H,2H2,1H3/t3?,4-,5?,6?,7?/m1/s1. The lowest BCUT2D eigenvalue weighted by molar-refractivity contribution is -0.224. The van der Waals surface area contributed by atoms with Crippen LogP contribution in [-0.2, 0) is 4.74 Å². The van der Waals surface area contributed by atoms with Gasteiger partial charge in [-0.25, -0.2) is 0 Å². The predicted molar refractivity (Wildman–Crippen MR) is 39.4 cm³/mol. The maximum atomic E-state index is 9.23. The minimum atomic E-state index is -1.24. The van der Waals surface area contributed by atoms with E-state index in [0.29, 0.717) is 0 Å². The van der Waals surface area contributed by atoms with Crippen molar-refractivity contribution in [3.63, 3.8) is 0 Å². The van der Waals surface area contributed by atoms with E-state index in [1.165, 1.54) is 0 Å². The summed E-state index contributed by atoms with van der Waals surface area (Å²) in [7, 11) is 0. The molecule has 1 aliphatic heterocycles. The van der Waals surface area contributed by atoms with E-state index in [2.05, 4.69) is 0 Å². The number of aliphatic hydroxyl groups is 4. The van der Waals surface area contributed by atoms with Crippen LogP contribution in [-0.4, -0.2) is 57.6 Å². The Morgan fingerprint density at radius 3 is 2.17 bits per heavy atom. The number of ether oxygens (including phenoxy) is 1. The smallest absolute Gasteiger partial charge is 0.111 e. The fourth-order valence-electron chi connectivity index (χ4n) is 1.29. The van der Waals surface area contributed by atoms with Gasteiger partial charge in [0, 0.05) is 0 Å². The van der Waals surface area contributed by atoms with Crippen molar-refractivity contribution in [2.75, 3.05) is 6.61 Å². The van der Waals surface area contributed by atoms with Gasteiger partial charge in [-0.2, -0.15) is 0 Å². The Labute approximate surface area is 70.2 Å². The van der Waals surface area contributed by atoms with Crippen LogP contribution in [0.5, 0.6) is 0 Å². The summed E-state index contributed by atoms with van der Waals surface area (Å²) < 4.78 is 5.02. The molecule has 0 aromatic heterocycles. The molecule has 0 aromatic rings. The van der Waals surface area contributed by atoms with Crippen molar-refractivity contribution in [3.05, 3.63) is 0 Å². The minimum absolute atomic E-state index is 0.366. The molecule has 5 heteroatoms. The molecule has 72 valence electrons. The quantitative estimate of drug-likeness (QED) is 0.367. The maximum Gasteiger partial charge on any atom is 0.111 e. The van der Waals surface area contributed by atoms with Crippen LogP contribution in [0.4, 0.5) is 0 Å². The van der Waals surface area contributed by atoms with Crippen LogP contribution in [0.3, 0.4) is 0 Å². The highest BCUT2D eigenvalue weighted by molar-refractivity contribution is 4.89. The van der Waals surface area contributed by atoms with E-state index in [-0.39, 0.29) is 6.61 Å². The molecule has 4 N–H and O–H groups in total. The molecule has 0 amide bonds. The Morgan fingerprint density at radius 1 is 1.08 bits per heavy atom. The van der Waals surface area contributed by atoms with Gasteiger partial charge in [-0.1, -0.05) is 0 Å². The lowest BCUT2D eigenvalue weighted by Crippen LogP contribution is -2.57. The summed E-state index contributed by atoms with van der Waals surface area (Å²) in [5, 5.41) is 36.4. The van der Waals surface area contributed by atoms with Gasteiger partial charge < -0.3 is 25.2 Å². The van der Waals surface area contributed by atoms with Gasteiger partial charge in [0.05, 0.1) is 12.7 Å². The van der Waals surface area contributed by atoms with Crippen molar-refractivity contribution < 1.29 is 25.2 Å². The summed E-state index contributed by atoms with van der Waals surface area (Å²) >= 11 is 0. The van der Waals surface area contributed by atoms with Gasteiger partial charge in [-0.05, 0) is 6.92 Å². The van der Waals surface area contributed by atoms with Gasteiger partial charge in [0.1, 0.15) is 24.4 Å². The number of hydrogen-bond acceptors (Lipinski definition) is 5. The first-order chi connectivity index (χ1) is 5.57. The zero-order chi connectivity index (χ0) is 9.30. The second-order valence-electron chi connectivity index (χ2n) is 3.03. The Balaban J connectivity index is 2.63. The predicted octanol–water partition coefficient (Wildman–Crippen LogP) is -2.15. The summed E-state index contributed by atoms with van der Waals surface area (Å²) in [5.41, 5.74) is 0. The van der Waals surface area contributed by atoms with E-state index in [0.717, 1.165) is 0 Å². The fraction of sp³-hybridized carbons (Fsp3) is 1.00. The van der Waals surface area contributed by atoms with E-state index >= 15 is 0 Å². The Kier molecular flexibility index (Phi) is 3.03. The molecule has 4 unspecified atom stereocenters. The van der Waals surface area contributed by atoms with Gasteiger partial charge in [-0.15, -0.1) is 0 Å². The fourth-order valence-corrected chi connectivity index (χ4v) is 1.29. The molecule has 1 fully saturated rings. The third kappa shape index (κ3) is 1.60. The largest absolute Gasteiger partial charge is 0.394 e. The molecule has 0 aliphatic carbocycles. The van der Waals surface area contributed by atoms with Gasteiger partial charge in [0.2, 0.25) is 0 Å². The zero-order valence-electron chi connectivity index (χ0n) is 6.79. The van der Waals surface area contributed by atoms with Crippen LogP contribution >= 0.6 is 0 Å². The molecule has 1 rings (SSSR count). The molecule has 0 aromatic carbocycles. The summed E-state index contributed by atoms with van der Waals surface area (Å²) in [6, 6.07) is 0.